The molecule has 0 radical (unpaired) electrons. The summed E-state index contributed by atoms with van der Waals surface area (Å²) in [5.74, 6) is -1.66. The number of nitrogens with one attached hydrogen (secondary N) is 1. The van der Waals surface area contributed by atoms with Crippen LogP contribution < -0.4 is 5.32 Å². The molecule has 2 N–H and O–H groups in total. The molecule has 0 aliphatic heterocycles. The molecule has 0 bridgehead atoms. The van der Waals surface area contributed by atoms with Gasteiger partial charge in [-0.15, -0.1) is 0 Å². The molecule has 2 rings (SSSR count). The maximum absolute atomic E-state index is 12.5. The molecule has 0 fully saturated rings. The highest BCUT2D eigenvalue weighted by molar-refractivity contribution is 6.34. The fourth-order valence-corrected chi connectivity index (χ4v) is 2.51. The van der Waals surface area contributed by atoms with Crippen molar-refractivity contribution in [2.24, 2.45) is 0 Å². The normalized spacial score (nSPS) is 12.2. The van der Waals surface area contributed by atoms with Crippen molar-refractivity contribution in [2.45, 2.75) is 6.18 Å². The van der Waals surface area contributed by atoms with Crippen LogP contribution in [0.2, 0.25) is 10.0 Å². The second-order valence-electron chi connectivity index (χ2n) is 5.02. The lowest BCUT2D eigenvalue weighted by Crippen LogP contribution is -2.15. The van der Waals surface area contributed by atoms with Gasteiger partial charge in [0.05, 0.1) is 5.56 Å². The zero-order chi connectivity index (χ0) is 19.5. The monoisotopic (exact) mass is 400 g/mol. The van der Waals surface area contributed by atoms with E-state index in [-0.39, 0.29) is 21.3 Å². The van der Waals surface area contributed by atoms with E-state index in [2.05, 4.69) is 5.32 Å². The Labute approximate surface area is 156 Å². The van der Waals surface area contributed by atoms with E-state index in [0.29, 0.717) is 0 Å². The van der Waals surface area contributed by atoms with Gasteiger partial charge in [0.15, 0.2) is 5.57 Å². The van der Waals surface area contributed by atoms with Crippen LogP contribution in [-0.4, -0.2) is 11.0 Å². The molecule has 0 aromatic heterocycles. The number of hydrogen-bond acceptors (Lipinski definition) is 3. The molecule has 0 atom stereocenters. The van der Waals surface area contributed by atoms with E-state index in [4.69, 9.17) is 28.5 Å². The molecule has 0 heterocycles. The first-order valence-corrected chi connectivity index (χ1v) is 7.66. The second-order valence-corrected chi connectivity index (χ2v) is 5.90. The van der Waals surface area contributed by atoms with Gasteiger partial charge in [0.25, 0.3) is 5.91 Å². The van der Waals surface area contributed by atoms with Crippen molar-refractivity contribution in [3.63, 3.8) is 0 Å². The van der Waals surface area contributed by atoms with Crippen LogP contribution in [0, 0.1) is 11.3 Å². The summed E-state index contributed by atoms with van der Waals surface area (Å²) in [5, 5.41) is 21.9. The Balaban J connectivity index is 2.30. The quantitative estimate of drug-likeness (QED) is 0.409. The summed E-state index contributed by atoms with van der Waals surface area (Å²) in [6, 6.07) is 9.16. The van der Waals surface area contributed by atoms with Crippen molar-refractivity contribution in [1.29, 1.82) is 5.26 Å². The number of carbonyl (C=O) groups is 1. The van der Waals surface area contributed by atoms with Crippen molar-refractivity contribution < 1.29 is 23.1 Å². The van der Waals surface area contributed by atoms with E-state index in [9.17, 15) is 23.1 Å². The number of aliphatic hydroxyl groups excluding tert-OH is 1. The van der Waals surface area contributed by atoms with E-state index >= 15 is 0 Å². The Hall–Kier alpha value is -2.69. The summed E-state index contributed by atoms with van der Waals surface area (Å²) in [7, 11) is 0. The maximum Gasteiger partial charge on any atom is 0.416 e. The highest BCUT2D eigenvalue weighted by atomic mass is 35.5. The average Bonchev–Trinajstić information content (AvgIpc) is 2.54. The minimum Gasteiger partial charge on any atom is -0.506 e. The molecule has 2 aromatic rings. The van der Waals surface area contributed by atoms with Crippen LogP contribution in [0.1, 0.15) is 11.1 Å². The first-order valence-electron chi connectivity index (χ1n) is 6.90. The molecule has 9 heteroatoms. The highest BCUT2D eigenvalue weighted by Gasteiger charge is 2.30. The van der Waals surface area contributed by atoms with Crippen molar-refractivity contribution in [3.8, 4) is 6.07 Å². The Morgan fingerprint density at radius 1 is 1.08 bits per heavy atom. The molecule has 134 valence electrons. The minimum absolute atomic E-state index is 0.0210. The summed E-state index contributed by atoms with van der Waals surface area (Å²) < 4.78 is 37.6. The Morgan fingerprint density at radius 3 is 2.08 bits per heavy atom. The van der Waals surface area contributed by atoms with Crippen LogP contribution in [0.15, 0.2) is 48.0 Å². The zero-order valence-electron chi connectivity index (χ0n) is 12.7. The topological polar surface area (TPSA) is 73.1 Å². The fourth-order valence-electron chi connectivity index (χ4n) is 1.98. The second kappa shape index (κ2) is 7.68. The summed E-state index contributed by atoms with van der Waals surface area (Å²) in [6.07, 6.45) is -4.51. The fraction of sp³-hybridized carbons (Fsp3) is 0.0588. The molecule has 0 saturated heterocycles. The summed E-state index contributed by atoms with van der Waals surface area (Å²) in [6.45, 7) is 0. The van der Waals surface area contributed by atoms with Crippen LogP contribution >= 0.6 is 23.2 Å². The van der Waals surface area contributed by atoms with Crippen LogP contribution in [0.25, 0.3) is 5.76 Å². The van der Waals surface area contributed by atoms with Crippen molar-refractivity contribution in [2.75, 3.05) is 5.32 Å². The van der Waals surface area contributed by atoms with Gasteiger partial charge in [-0.25, -0.2) is 0 Å². The van der Waals surface area contributed by atoms with Gasteiger partial charge >= 0.3 is 6.18 Å². The molecular weight excluding hydrogens is 392 g/mol. The smallest absolute Gasteiger partial charge is 0.416 e. The van der Waals surface area contributed by atoms with Crippen LogP contribution in [0.3, 0.4) is 0 Å². The number of anilines is 1. The third-order valence-corrected chi connectivity index (χ3v) is 3.62. The minimum atomic E-state index is -4.51. The molecule has 4 nitrogen and oxygen atoms in total. The standard InChI is InChI=1S/C17H9Cl2F3N2O2/c18-11-5-9(6-12(19)7-11)15(25)14(8-23)16(26)24-13-3-1-10(2-4-13)17(20,21)22/h1-7,25H,(H,24,26). The Morgan fingerprint density at radius 2 is 1.62 bits per heavy atom. The largest absolute Gasteiger partial charge is 0.506 e. The number of amides is 1. The molecular formula is C17H9Cl2F3N2O2. The lowest BCUT2D eigenvalue weighted by atomic mass is 10.1. The van der Waals surface area contributed by atoms with Crippen molar-refractivity contribution in [3.05, 3.63) is 69.2 Å². The van der Waals surface area contributed by atoms with Gasteiger partial charge < -0.3 is 10.4 Å². The average molecular weight is 401 g/mol. The van der Waals surface area contributed by atoms with E-state index in [1.165, 1.54) is 18.2 Å². The number of rotatable bonds is 3. The van der Waals surface area contributed by atoms with Gasteiger partial charge in [-0.2, -0.15) is 18.4 Å². The van der Waals surface area contributed by atoms with Gasteiger partial charge in [0, 0.05) is 21.3 Å². The van der Waals surface area contributed by atoms with Gasteiger partial charge in [0.2, 0.25) is 0 Å². The van der Waals surface area contributed by atoms with Crippen LogP contribution in [-0.2, 0) is 11.0 Å². The third kappa shape index (κ3) is 4.69. The SMILES string of the molecule is N#CC(C(=O)Nc1ccc(C(F)(F)F)cc1)=C(O)c1cc(Cl)cc(Cl)c1. The lowest BCUT2D eigenvalue weighted by molar-refractivity contribution is -0.137. The molecule has 0 aliphatic rings. The van der Waals surface area contributed by atoms with Gasteiger partial charge in [0.1, 0.15) is 11.8 Å². The van der Waals surface area contributed by atoms with Gasteiger partial charge in [-0.1, -0.05) is 23.2 Å². The molecule has 26 heavy (non-hydrogen) atoms. The molecule has 1 amide bonds. The number of carbonyl (C=O) groups excluding carboxylic acids is 1. The zero-order valence-corrected chi connectivity index (χ0v) is 14.2. The van der Waals surface area contributed by atoms with Gasteiger partial charge in [-0.05, 0) is 42.5 Å². The highest BCUT2D eigenvalue weighted by Crippen LogP contribution is 2.30. The number of hydrogen-bond donors (Lipinski definition) is 2. The summed E-state index contributed by atoms with van der Waals surface area (Å²) in [4.78, 5) is 12.2. The van der Waals surface area contributed by atoms with E-state index in [1.54, 1.807) is 6.07 Å². The lowest BCUT2D eigenvalue weighted by Gasteiger charge is -2.09. The maximum atomic E-state index is 12.5. The van der Waals surface area contributed by atoms with E-state index in [0.717, 1.165) is 24.3 Å². The summed E-state index contributed by atoms with van der Waals surface area (Å²) >= 11 is 11.6. The van der Waals surface area contributed by atoms with Crippen molar-refractivity contribution >= 4 is 40.6 Å². The molecule has 0 saturated carbocycles. The predicted octanol–water partition coefficient (Wildman–Crippen LogP) is 5.44. The number of aliphatic hydroxyl groups is 1. The number of alkyl halides is 3. The molecule has 2 aromatic carbocycles. The van der Waals surface area contributed by atoms with Crippen LogP contribution in [0.5, 0.6) is 0 Å². The molecule has 0 spiro atoms. The van der Waals surface area contributed by atoms with E-state index < -0.39 is 29.0 Å². The molecule has 0 aliphatic carbocycles. The third-order valence-electron chi connectivity index (χ3n) is 3.18. The number of halogens is 5. The van der Waals surface area contributed by atoms with E-state index in [1.807, 2.05) is 0 Å². The number of nitriles is 1. The number of benzene rings is 2. The van der Waals surface area contributed by atoms with Crippen molar-refractivity contribution in [1.82, 2.24) is 0 Å². The molecule has 0 unspecified atom stereocenters. The first kappa shape index (κ1) is 19.6. The number of nitrogens with zero attached hydrogens (tertiary/aromatic N) is 1. The van der Waals surface area contributed by atoms with Gasteiger partial charge in [-0.3, -0.25) is 4.79 Å². The summed E-state index contributed by atoms with van der Waals surface area (Å²) in [5.41, 5.74) is -1.47. The predicted molar refractivity (Wildman–Crippen MR) is 91.7 cm³/mol. The Kier molecular flexibility index (Phi) is 5.80. The Bertz CT molecular complexity index is 897. The van der Waals surface area contributed by atoms with Crippen LogP contribution in [0.4, 0.5) is 18.9 Å². The first-order chi connectivity index (χ1) is 12.1.